The molecule has 0 heterocycles. The van der Waals surface area contributed by atoms with Crippen LogP contribution in [0.5, 0.6) is 5.75 Å². The first-order chi connectivity index (χ1) is 8.20. The van der Waals surface area contributed by atoms with Gasteiger partial charge in [0.1, 0.15) is 0 Å². The summed E-state index contributed by atoms with van der Waals surface area (Å²) in [7, 11) is 0. The Labute approximate surface area is 104 Å². The third-order valence-electron chi connectivity index (χ3n) is 2.14. The van der Waals surface area contributed by atoms with Gasteiger partial charge >= 0.3 is 5.69 Å². The summed E-state index contributed by atoms with van der Waals surface area (Å²) in [6.45, 7) is 3.75. The molecule has 7 nitrogen and oxygen atoms in total. The predicted octanol–water partition coefficient (Wildman–Crippen LogP) is 0.767. The van der Waals surface area contributed by atoms with Crippen LogP contribution in [0.2, 0.25) is 0 Å². The third-order valence-corrected chi connectivity index (χ3v) is 2.14. The van der Waals surface area contributed by atoms with Crippen LogP contribution in [0.3, 0.4) is 0 Å². The average Bonchev–Trinajstić information content (AvgIpc) is 2.24. The number of rotatable bonds is 4. The lowest BCUT2D eigenvalue weighted by Crippen LogP contribution is -2.45. The van der Waals surface area contributed by atoms with Gasteiger partial charge in [-0.1, -0.05) is 0 Å². The van der Waals surface area contributed by atoms with Crippen LogP contribution in [0, 0.1) is 10.1 Å². The van der Waals surface area contributed by atoms with E-state index in [-0.39, 0.29) is 12.1 Å². The van der Waals surface area contributed by atoms with Crippen molar-refractivity contribution >= 4 is 11.6 Å². The summed E-state index contributed by atoms with van der Waals surface area (Å²) in [6.07, 6.45) is 0. The van der Waals surface area contributed by atoms with E-state index in [2.05, 4.69) is 5.32 Å². The maximum Gasteiger partial charge on any atom is 0.310 e. The molecular formula is C11H15N3O4. The lowest BCUT2D eigenvalue weighted by atomic mass is 10.1. The van der Waals surface area contributed by atoms with Crippen molar-refractivity contribution in [2.45, 2.75) is 19.4 Å². The maximum absolute atomic E-state index is 11.7. The van der Waals surface area contributed by atoms with E-state index < -0.39 is 27.8 Å². The Morgan fingerprint density at radius 3 is 2.61 bits per heavy atom. The van der Waals surface area contributed by atoms with Crippen molar-refractivity contribution in [2.75, 3.05) is 6.54 Å². The van der Waals surface area contributed by atoms with Crippen LogP contribution in [0.4, 0.5) is 5.69 Å². The smallest absolute Gasteiger partial charge is 0.310 e. The minimum absolute atomic E-state index is 0.141. The molecule has 4 N–H and O–H groups in total. The highest BCUT2D eigenvalue weighted by Gasteiger charge is 2.17. The second kappa shape index (κ2) is 5.01. The fraction of sp³-hybridized carbons (Fsp3) is 0.364. The number of nitrogens with one attached hydrogen (secondary N) is 1. The SMILES string of the molecule is CC(C)(N)CNC(=O)c1ccc([N+](=O)[O-])c(O)c1. The van der Waals surface area contributed by atoms with E-state index >= 15 is 0 Å². The van der Waals surface area contributed by atoms with Crippen molar-refractivity contribution < 1.29 is 14.8 Å². The van der Waals surface area contributed by atoms with E-state index in [9.17, 15) is 20.0 Å². The minimum atomic E-state index is -0.722. The van der Waals surface area contributed by atoms with E-state index in [0.29, 0.717) is 0 Å². The number of carbonyl (C=O) groups is 1. The zero-order valence-electron chi connectivity index (χ0n) is 10.1. The normalized spacial score (nSPS) is 11.1. The van der Waals surface area contributed by atoms with Gasteiger partial charge in [0.25, 0.3) is 5.91 Å². The van der Waals surface area contributed by atoms with Crippen molar-refractivity contribution in [1.82, 2.24) is 5.32 Å². The first kappa shape index (κ1) is 13.9. The van der Waals surface area contributed by atoms with E-state index in [1.807, 2.05) is 0 Å². The Bertz CT molecular complexity index is 480. The maximum atomic E-state index is 11.7. The Hall–Kier alpha value is -2.15. The molecule has 0 bridgehead atoms. The Kier molecular flexibility index (Phi) is 3.87. The van der Waals surface area contributed by atoms with Gasteiger partial charge in [-0.25, -0.2) is 0 Å². The molecule has 1 aromatic rings. The lowest BCUT2D eigenvalue weighted by molar-refractivity contribution is -0.385. The van der Waals surface area contributed by atoms with Gasteiger partial charge in [-0.3, -0.25) is 14.9 Å². The predicted molar refractivity (Wildman–Crippen MR) is 65.4 cm³/mol. The fourth-order valence-electron chi connectivity index (χ4n) is 1.23. The van der Waals surface area contributed by atoms with E-state index in [4.69, 9.17) is 5.73 Å². The zero-order chi connectivity index (χ0) is 13.9. The van der Waals surface area contributed by atoms with Gasteiger partial charge in [0.2, 0.25) is 0 Å². The molecule has 1 amide bonds. The Balaban J connectivity index is 2.82. The van der Waals surface area contributed by atoms with E-state index in [1.54, 1.807) is 13.8 Å². The molecule has 0 fully saturated rings. The molecular weight excluding hydrogens is 238 g/mol. The number of amides is 1. The lowest BCUT2D eigenvalue weighted by Gasteiger charge is -2.18. The molecule has 0 aliphatic heterocycles. The number of nitro groups is 1. The molecule has 18 heavy (non-hydrogen) atoms. The number of hydrogen-bond donors (Lipinski definition) is 3. The monoisotopic (exact) mass is 253 g/mol. The molecule has 0 aliphatic rings. The zero-order valence-corrected chi connectivity index (χ0v) is 10.1. The molecule has 1 rings (SSSR count). The molecule has 1 aromatic carbocycles. The highest BCUT2D eigenvalue weighted by atomic mass is 16.6. The largest absolute Gasteiger partial charge is 0.502 e. The number of aromatic hydroxyl groups is 1. The number of nitrogens with zero attached hydrogens (tertiary/aromatic N) is 1. The summed E-state index contributed by atoms with van der Waals surface area (Å²) in [5.41, 5.74) is 4.85. The van der Waals surface area contributed by atoms with Gasteiger partial charge in [0.05, 0.1) is 4.92 Å². The van der Waals surface area contributed by atoms with Crippen LogP contribution >= 0.6 is 0 Å². The topological polar surface area (TPSA) is 118 Å². The van der Waals surface area contributed by atoms with Gasteiger partial charge < -0.3 is 16.2 Å². The molecule has 0 unspecified atom stereocenters. The first-order valence-corrected chi connectivity index (χ1v) is 5.25. The van der Waals surface area contributed by atoms with Gasteiger partial charge in [-0.15, -0.1) is 0 Å². The summed E-state index contributed by atoms with van der Waals surface area (Å²) < 4.78 is 0. The summed E-state index contributed by atoms with van der Waals surface area (Å²) in [4.78, 5) is 21.4. The number of benzene rings is 1. The first-order valence-electron chi connectivity index (χ1n) is 5.25. The Morgan fingerprint density at radius 2 is 2.17 bits per heavy atom. The number of hydrogen-bond acceptors (Lipinski definition) is 5. The van der Waals surface area contributed by atoms with E-state index in [1.165, 1.54) is 6.07 Å². The molecule has 7 heteroatoms. The highest BCUT2D eigenvalue weighted by Crippen LogP contribution is 2.26. The number of phenolic OH excluding ortho intramolecular Hbond substituents is 1. The molecule has 0 saturated carbocycles. The molecule has 0 atom stereocenters. The molecule has 0 saturated heterocycles. The van der Waals surface area contributed by atoms with Crippen molar-refractivity contribution in [3.63, 3.8) is 0 Å². The number of phenols is 1. The van der Waals surface area contributed by atoms with Crippen LogP contribution in [0.15, 0.2) is 18.2 Å². The Morgan fingerprint density at radius 1 is 1.56 bits per heavy atom. The number of nitro benzene ring substituents is 1. The van der Waals surface area contributed by atoms with Crippen molar-refractivity contribution in [1.29, 1.82) is 0 Å². The van der Waals surface area contributed by atoms with Crippen LogP contribution in [-0.2, 0) is 0 Å². The van der Waals surface area contributed by atoms with Crippen LogP contribution < -0.4 is 11.1 Å². The van der Waals surface area contributed by atoms with Gasteiger partial charge in [-0.2, -0.15) is 0 Å². The summed E-state index contributed by atoms with van der Waals surface area (Å²) in [5, 5.41) is 22.5. The van der Waals surface area contributed by atoms with Crippen molar-refractivity contribution in [3.8, 4) is 5.75 Å². The summed E-state index contributed by atoms with van der Waals surface area (Å²) in [6, 6.07) is 3.41. The fourth-order valence-corrected chi connectivity index (χ4v) is 1.23. The standard InChI is InChI=1S/C11H15N3O4/c1-11(2,12)6-13-10(16)7-3-4-8(14(17)18)9(15)5-7/h3-5,15H,6,12H2,1-2H3,(H,13,16). The van der Waals surface area contributed by atoms with Crippen LogP contribution in [-0.4, -0.2) is 28.0 Å². The molecule has 0 radical (unpaired) electrons. The minimum Gasteiger partial charge on any atom is -0.502 e. The molecule has 98 valence electrons. The summed E-state index contributed by atoms with van der Waals surface area (Å²) in [5.74, 6) is -0.988. The third kappa shape index (κ3) is 3.70. The average molecular weight is 253 g/mol. The second-order valence-electron chi connectivity index (χ2n) is 4.63. The van der Waals surface area contributed by atoms with Crippen LogP contribution in [0.1, 0.15) is 24.2 Å². The molecule has 0 aromatic heterocycles. The number of carbonyl (C=O) groups excluding carboxylic acids is 1. The van der Waals surface area contributed by atoms with Gasteiger partial charge in [0.15, 0.2) is 5.75 Å². The van der Waals surface area contributed by atoms with Crippen LogP contribution in [0.25, 0.3) is 0 Å². The summed E-state index contributed by atoms with van der Waals surface area (Å²) >= 11 is 0. The second-order valence-corrected chi connectivity index (χ2v) is 4.63. The quantitative estimate of drug-likeness (QED) is 0.541. The molecule has 0 spiro atoms. The number of nitrogens with two attached hydrogens (primary N) is 1. The van der Waals surface area contributed by atoms with Crippen molar-refractivity contribution in [3.05, 3.63) is 33.9 Å². The van der Waals surface area contributed by atoms with Crippen molar-refractivity contribution in [2.24, 2.45) is 5.73 Å². The molecule has 0 aliphatic carbocycles. The van der Waals surface area contributed by atoms with E-state index in [0.717, 1.165) is 12.1 Å². The van der Waals surface area contributed by atoms with Gasteiger partial charge in [-0.05, 0) is 26.0 Å². The van der Waals surface area contributed by atoms with Gasteiger partial charge in [0, 0.05) is 23.7 Å². The highest BCUT2D eigenvalue weighted by molar-refractivity contribution is 5.95.